The number of hydrogen-bond donors (Lipinski definition) is 6. The molecule has 1 amide bonds. The summed E-state index contributed by atoms with van der Waals surface area (Å²) in [6.07, 6.45) is 4.89. The van der Waals surface area contributed by atoms with Gasteiger partial charge in [-0.05, 0) is 42.4 Å². The molecule has 0 spiro atoms. The molecule has 5 atom stereocenters. The third-order valence-electron chi connectivity index (χ3n) is 8.11. The minimum atomic E-state index is -2.15. The van der Waals surface area contributed by atoms with Crippen molar-refractivity contribution in [3.05, 3.63) is 52.6 Å². The predicted molar refractivity (Wildman–Crippen MR) is 128 cm³/mol. The molecule has 0 aliphatic heterocycles. The largest absolute Gasteiger partial charge is 0.510 e. The molecule has 5 rings (SSSR count). The number of rotatable bonds is 5. The van der Waals surface area contributed by atoms with E-state index in [-0.39, 0.29) is 41.7 Å². The highest BCUT2D eigenvalue weighted by atomic mass is 16.5. The monoisotopic (exact) mass is 495 g/mol. The van der Waals surface area contributed by atoms with Gasteiger partial charge in [0.05, 0.1) is 23.4 Å². The van der Waals surface area contributed by atoms with Gasteiger partial charge in [-0.25, -0.2) is 0 Å². The Kier molecular flexibility index (Phi) is 5.68. The van der Waals surface area contributed by atoms with Crippen molar-refractivity contribution in [3.63, 3.8) is 0 Å². The van der Waals surface area contributed by atoms with E-state index in [2.05, 4.69) is 5.16 Å². The zero-order chi connectivity index (χ0) is 25.9. The van der Waals surface area contributed by atoms with Crippen LogP contribution in [0.5, 0.6) is 5.75 Å². The molecule has 10 nitrogen and oxygen atoms in total. The average Bonchev–Trinajstić information content (AvgIpc) is 3.36. The maximum atomic E-state index is 14.1. The van der Waals surface area contributed by atoms with Crippen molar-refractivity contribution in [1.82, 2.24) is 5.16 Å². The van der Waals surface area contributed by atoms with Gasteiger partial charge in [0.2, 0.25) is 5.91 Å². The van der Waals surface area contributed by atoms with Gasteiger partial charge in [-0.2, -0.15) is 0 Å². The summed E-state index contributed by atoms with van der Waals surface area (Å²) in [7, 11) is 0. The minimum absolute atomic E-state index is 0.0158. The molecule has 1 fully saturated rings. The fourth-order valence-corrected chi connectivity index (χ4v) is 6.44. The number of aliphatic hydroxyl groups is 3. The fourth-order valence-electron chi connectivity index (χ4n) is 6.44. The quantitative estimate of drug-likeness (QED) is 0.361. The normalized spacial score (nSPS) is 29.6. The summed E-state index contributed by atoms with van der Waals surface area (Å²) < 4.78 is 4.96. The van der Waals surface area contributed by atoms with Gasteiger partial charge in [-0.3, -0.25) is 9.59 Å². The maximum absolute atomic E-state index is 14.1. The van der Waals surface area contributed by atoms with Gasteiger partial charge in [0.1, 0.15) is 29.1 Å². The summed E-state index contributed by atoms with van der Waals surface area (Å²) in [6, 6.07) is 1.90. The van der Waals surface area contributed by atoms with Crippen molar-refractivity contribution in [3.8, 4) is 16.9 Å². The second-order valence-corrected chi connectivity index (χ2v) is 9.94. The number of phenolic OH excluding ortho intramolecular Hbond substituents is 1. The van der Waals surface area contributed by atoms with E-state index in [4.69, 9.17) is 16.0 Å². The third-order valence-corrected chi connectivity index (χ3v) is 8.11. The predicted octanol–water partition coefficient (Wildman–Crippen LogP) is 2.25. The Labute approximate surface area is 206 Å². The van der Waals surface area contributed by atoms with Crippen LogP contribution in [0.15, 0.2) is 46.0 Å². The van der Waals surface area contributed by atoms with E-state index < -0.39 is 52.6 Å². The molecule has 1 aromatic heterocycles. The lowest BCUT2D eigenvalue weighted by molar-refractivity contribution is -0.157. The number of phenols is 1. The molecular formula is C26H29N3O7. The van der Waals surface area contributed by atoms with Gasteiger partial charge in [-0.1, -0.05) is 31.0 Å². The van der Waals surface area contributed by atoms with Crippen LogP contribution in [0, 0.1) is 17.8 Å². The van der Waals surface area contributed by atoms with E-state index in [0.717, 1.165) is 0 Å². The standard InChI is InChI=1S/C26H29N3O7/c1-2-3-4-15-20(25(28)34)23(32)21(27)16-8-11-7-14-13(12-9-29-36-10-12)5-6-17(30)19(14)22(31)18(11)24(33)26(15,16)35/h5-6,9-11,15-16,21,30-32,35H,2-4,7-8,27H2,1H3,(H2,28,34)/t11-,15?,16?,21+,26-/m0/s1. The first kappa shape index (κ1) is 24.1. The summed E-state index contributed by atoms with van der Waals surface area (Å²) in [5.41, 5.74) is 11.5. The summed E-state index contributed by atoms with van der Waals surface area (Å²) >= 11 is 0. The van der Waals surface area contributed by atoms with Crippen molar-refractivity contribution in [1.29, 1.82) is 0 Å². The summed E-state index contributed by atoms with van der Waals surface area (Å²) in [5, 5.41) is 48.6. The van der Waals surface area contributed by atoms with E-state index in [1.807, 2.05) is 6.92 Å². The van der Waals surface area contributed by atoms with Gasteiger partial charge in [-0.15, -0.1) is 0 Å². The molecule has 2 unspecified atom stereocenters. The van der Waals surface area contributed by atoms with Crippen molar-refractivity contribution in [2.24, 2.45) is 29.2 Å². The van der Waals surface area contributed by atoms with E-state index >= 15 is 0 Å². The molecule has 1 heterocycles. The Bertz CT molecular complexity index is 1310. The van der Waals surface area contributed by atoms with Gasteiger partial charge in [0.25, 0.3) is 0 Å². The van der Waals surface area contributed by atoms with Gasteiger partial charge >= 0.3 is 0 Å². The van der Waals surface area contributed by atoms with Gasteiger partial charge in [0.15, 0.2) is 5.78 Å². The number of benzene rings is 1. The second kappa shape index (κ2) is 8.49. The average molecular weight is 496 g/mol. The molecule has 0 radical (unpaired) electrons. The molecule has 1 saturated carbocycles. The van der Waals surface area contributed by atoms with Crippen LogP contribution in [-0.2, 0) is 16.0 Å². The van der Waals surface area contributed by atoms with Crippen LogP contribution in [0.1, 0.15) is 43.7 Å². The van der Waals surface area contributed by atoms with Crippen LogP contribution < -0.4 is 11.5 Å². The number of hydrogen-bond acceptors (Lipinski definition) is 9. The summed E-state index contributed by atoms with van der Waals surface area (Å²) in [4.78, 5) is 26.4. The van der Waals surface area contributed by atoms with Crippen molar-refractivity contribution >= 4 is 17.4 Å². The molecule has 0 saturated heterocycles. The Balaban J connectivity index is 1.70. The number of Topliss-reactive ketones (excluding diaryl/α,β-unsaturated/α-hetero) is 1. The number of aromatic hydroxyl groups is 1. The molecule has 1 aromatic carbocycles. The summed E-state index contributed by atoms with van der Waals surface area (Å²) in [5.74, 6) is -5.28. The Morgan fingerprint density at radius 2 is 2.03 bits per heavy atom. The highest BCUT2D eigenvalue weighted by molar-refractivity contribution is 6.11. The minimum Gasteiger partial charge on any atom is -0.510 e. The van der Waals surface area contributed by atoms with Crippen LogP contribution in [0.3, 0.4) is 0 Å². The van der Waals surface area contributed by atoms with E-state index in [1.165, 1.54) is 18.5 Å². The number of fused-ring (bicyclic) bond motifs is 3. The first-order valence-corrected chi connectivity index (χ1v) is 12.1. The number of aliphatic hydroxyl groups excluding tert-OH is 2. The highest BCUT2D eigenvalue weighted by Crippen LogP contribution is 2.55. The Hall–Kier alpha value is -3.63. The first-order chi connectivity index (χ1) is 17.1. The van der Waals surface area contributed by atoms with E-state index in [0.29, 0.717) is 29.5 Å². The molecule has 8 N–H and O–H groups in total. The topological polar surface area (TPSA) is 193 Å². The lowest BCUT2D eigenvalue weighted by Crippen LogP contribution is -2.66. The number of unbranched alkanes of at least 4 members (excludes halogenated alkanes) is 1. The van der Waals surface area contributed by atoms with Gasteiger partial charge < -0.3 is 36.4 Å². The van der Waals surface area contributed by atoms with Crippen molar-refractivity contribution in [2.45, 2.75) is 50.7 Å². The molecule has 0 bridgehead atoms. The number of nitrogens with zero attached hydrogens (tertiary/aromatic N) is 1. The molecule has 3 aliphatic carbocycles. The summed E-state index contributed by atoms with van der Waals surface area (Å²) in [6.45, 7) is 1.92. The second-order valence-electron chi connectivity index (χ2n) is 9.94. The van der Waals surface area contributed by atoms with Crippen LogP contribution in [0.4, 0.5) is 0 Å². The number of carbonyl (C=O) groups excluding carboxylic acids is 2. The molecule has 10 heteroatoms. The van der Waals surface area contributed by atoms with Crippen LogP contribution in [0.2, 0.25) is 0 Å². The molecular weight excluding hydrogens is 466 g/mol. The van der Waals surface area contributed by atoms with Crippen LogP contribution in [-0.4, -0.2) is 48.9 Å². The Morgan fingerprint density at radius 1 is 1.28 bits per heavy atom. The van der Waals surface area contributed by atoms with E-state index in [1.54, 1.807) is 6.07 Å². The number of ketones is 1. The number of primary amides is 1. The molecule has 36 heavy (non-hydrogen) atoms. The van der Waals surface area contributed by atoms with Crippen LogP contribution in [0.25, 0.3) is 16.9 Å². The zero-order valence-corrected chi connectivity index (χ0v) is 19.8. The smallest absolute Gasteiger partial charge is 0.248 e. The first-order valence-electron chi connectivity index (χ1n) is 12.1. The maximum Gasteiger partial charge on any atom is 0.248 e. The fraction of sp³-hybridized carbons (Fsp3) is 0.423. The third kappa shape index (κ3) is 3.21. The van der Waals surface area contributed by atoms with Crippen molar-refractivity contribution < 1.29 is 34.5 Å². The number of nitrogens with two attached hydrogens (primary N) is 2. The molecule has 3 aliphatic rings. The van der Waals surface area contributed by atoms with Crippen LogP contribution >= 0.6 is 0 Å². The number of amides is 1. The van der Waals surface area contributed by atoms with E-state index in [9.17, 15) is 30.0 Å². The number of carbonyl (C=O) groups is 2. The molecule has 2 aromatic rings. The molecule has 190 valence electrons. The zero-order valence-electron chi connectivity index (χ0n) is 19.8. The SMILES string of the molecule is CCCCC1C(C(N)=O)=C(O)[C@H](N)C2C[C@@H]3Cc4c(-c5cnoc5)ccc(O)c4C(O)=C3C(=O)[C@]12O. The Morgan fingerprint density at radius 3 is 2.67 bits per heavy atom. The lowest BCUT2D eigenvalue weighted by atomic mass is 9.53. The highest BCUT2D eigenvalue weighted by Gasteiger charge is 2.63. The van der Waals surface area contributed by atoms with Crippen molar-refractivity contribution in [2.75, 3.05) is 0 Å². The van der Waals surface area contributed by atoms with Gasteiger partial charge in [0, 0.05) is 23.0 Å². The lowest BCUT2D eigenvalue weighted by Gasteiger charge is -2.52. The number of aromatic nitrogens is 1.